The predicted molar refractivity (Wildman–Crippen MR) is 117 cm³/mol. The average molecular weight is 419 g/mol. The fourth-order valence-corrected chi connectivity index (χ4v) is 3.96. The van der Waals surface area contributed by atoms with E-state index in [1.165, 1.54) is 0 Å². The number of nitrogens with zero attached hydrogens (tertiary/aromatic N) is 7. The second kappa shape index (κ2) is 8.43. The normalized spacial score (nSPS) is 17.3. The van der Waals surface area contributed by atoms with Gasteiger partial charge in [0.2, 0.25) is 5.95 Å². The van der Waals surface area contributed by atoms with Crippen molar-refractivity contribution < 1.29 is 9.53 Å². The van der Waals surface area contributed by atoms with Crippen molar-refractivity contribution in [2.24, 2.45) is 0 Å². The number of hydrogen-bond donors (Lipinski definition) is 0. The number of anilines is 2. The Labute approximate surface area is 180 Å². The Kier molecular flexibility index (Phi) is 5.33. The second-order valence-corrected chi connectivity index (χ2v) is 7.79. The zero-order chi connectivity index (χ0) is 21.2. The summed E-state index contributed by atoms with van der Waals surface area (Å²) in [6, 6.07) is 9.60. The van der Waals surface area contributed by atoms with E-state index in [0.29, 0.717) is 31.9 Å². The van der Waals surface area contributed by atoms with Crippen molar-refractivity contribution in [3.05, 3.63) is 47.9 Å². The Morgan fingerprint density at radius 1 is 0.903 bits per heavy atom. The molecule has 1 aromatic carbocycles. The molecule has 0 aliphatic carbocycles. The van der Waals surface area contributed by atoms with Gasteiger partial charge in [0.15, 0.2) is 0 Å². The molecule has 0 spiro atoms. The van der Waals surface area contributed by atoms with Crippen molar-refractivity contribution >= 4 is 28.7 Å². The number of hydrogen-bond acceptors (Lipinski definition) is 8. The largest absolute Gasteiger partial charge is 0.378 e. The molecule has 0 N–H and O–H groups in total. The molecule has 3 aromatic rings. The molecule has 0 atom stereocenters. The van der Waals surface area contributed by atoms with Crippen LogP contribution in [0.25, 0.3) is 11.0 Å². The minimum Gasteiger partial charge on any atom is -0.378 e. The van der Waals surface area contributed by atoms with Crippen LogP contribution in [0.2, 0.25) is 0 Å². The Morgan fingerprint density at radius 3 is 2.42 bits per heavy atom. The Balaban J connectivity index is 1.27. The lowest BCUT2D eigenvalue weighted by atomic mass is 10.2. The van der Waals surface area contributed by atoms with Crippen LogP contribution in [0.15, 0.2) is 36.5 Å². The molecular formula is C22H25N7O2. The molecule has 1 amide bonds. The molecule has 2 aliphatic rings. The number of fused-ring (bicyclic) bond motifs is 1. The first-order valence-electron chi connectivity index (χ1n) is 10.6. The molecule has 160 valence electrons. The summed E-state index contributed by atoms with van der Waals surface area (Å²) < 4.78 is 5.45. The molecule has 5 rings (SSSR count). The molecule has 0 unspecified atom stereocenters. The quantitative estimate of drug-likeness (QED) is 0.632. The van der Waals surface area contributed by atoms with Crippen LogP contribution in [-0.2, 0) is 4.74 Å². The number of rotatable bonds is 3. The standard InChI is InChI=1S/C22H25N7O2/c1-16-14-20(27-10-12-31-13-11-27)26-22(24-16)29-8-6-28(7-9-29)21(30)19-15-23-17-4-2-3-5-18(17)25-19/h2-5,14-15H,6-13H2,1H3. The van der Waals surface area contributed by atoms with Crippen molar-refractivity contribution in [3.63, 3.8) is 0 Å². The number of aryl methyl sites for hydroxylation is 1. The molecule has 2 aliphatic heterocycles. The summed E-state index contributed by atoms with van der Waals surface area (Å²) in [4.78, 5) is 37.5. The number of aromatic nitrogens is 4. The van der Waals surface area contributed by atoms with E-state index in [9.17, 15) is 4.79 Å². The van der Waals surface area contributed by atoms with Gasteiger partial charge in [-0.2, -0.15) is 4.98 Å². The van der Waals surface area contributed by atoms with Crippen LogP contribution in [0.4, 0.5) is 11.8 Å². The lowest BCUT2D eigenvalue weighted by Crippen LogP contribution is -2.49. The van der Waals surface area contributed by atoms with Crippen molar-refractivity contribution in [1.29, 1.82) is 0 Å². The lowest BCUT2D eigenvalue weighted by Gasteiger charge is -2.35. The SMILES string of the molecule is Cc1cc(N2CCOCC2)nc(N2CCN(C(=O)c3cnc4ccccc4n3)CC2)n1. The molecule has 2 saturated heterocycles. The molecule has 0 saturated carbocycles. The van der Waals surface area contributed by atoms with Crippen LogP contribution in [-0.4, -0.2) is 83.2 Å². The minimum atomic E-state index is -0.0860. The van der Waals surface area contributed by atoms with Gasteiger partial charge in [0.05, 0.1) is 30.4 Å². The summed E-state index contributed by atoms with van der Waals surface area (Å²) in [7, 11) is 0. The van der Waals surface area contributed by atoms with Gasteiger partial charge >= 0.3 is 0 Å². The molecule has 2 fully saturated rings. The molecule has 9 nitrogen and oxygen atoms in total. The summed E-state index contributed by atoms with van der Waals surface area (Å²) in [5.74, 6) is 1.58. The van der Waals surface area contributed by atoms with Gasteiger partial charge in [-0.15, -0.1) is 0 Å². The number of carbonyl (C=O) groups excluding carboxylic acids is 1. The highest BCUT2D eigenvalue weighted by Gasteiger charge is 2.25. The average Bonchev–Trinajstić information content (AvgIpc) is 2.83. The first kappa shape index (κ1) is 19.6. The van der Waals surface area contributed by atoms with Gasteiger partial charge in [-0.3, -0.25) is 9.78 Å². The third-order valence-corrected chi connectivity index (χ3v) is 5.68. The van der Waals surface area contributed by atoms with Crippen LogP contribution < -0.4 is 9.80 Å². The molecule has 0 bridgehead atoms. The van der Waals surface area contributed by atoms with E-state index >= 15 is 0 Å². The van der Waals surface area contributed by atoms with Crippen LogP contribution in [0.5, 0.6) is 0 Å². The van der Waals surface area contributed by atoms with Crippen LogP contribution in [0.3, 0.4) is 0 Å². The predicted octanol–water partition coefficient (Wildman–Crippen LogP) is 1.53. The van der Waals surface area contributed by atoms with E-state index < -0.39 is 0 Å². The maximum Gasteiger partial charge on any atom is 0.274 e. The summed E-state index contributed by atoms with van der Waals surface area (Å²) in [6.45, 7) is 7.66. The molecule has 9 heteroatoms. The fourth-order valence-electron chi connectivity index (χ4n) is 3.96. The summed E-state index contributed by atoms with van der Waals surface area (Å²) >= 11 is 0. The topological polar surface area (TPSA) is 87.6 Å². The monoisotopic (exact) mass is 419 g/mol. The molecule has 31 heavy (non-hydrogen) atoms. The highest BCUT2D eigenvalue weighted by molar-refractivity contribution is 5.94. The highest BCUT2D eigenvalue weighted by atomic mass is 16.5. The number of benzene rings is 1. The zero-order valence-corrected chi connectivity index (χ0v) is 17.6. The minimum absolute atomic E-state index is 0.0860. The van der Waals surface area contributed by atoms with E-state index in [1.807, 2.05) is 42.2 Å². The Bertz CT molecular complexity index is 1090. The second-order valence-electron chi connectivity index (χ2n) is 7.79. The van der Waals surface area contributed by atoms with E-state index in [0.717, 1.165) is 54.8 Å². The van der Waals surface area contributed by atoms with E-state index in [4.69, 9.17) is 9.72 Å². The van der Waals surface area contributed by atoms with Gasteiger partial charge < -0.3 is 19.4 Å². The number of para-hydroxylation sites is 2. The summed E-state index contributed by atoms with van der Waals surface area (Å²) in [5, 5.41) is 0. The van der Waals surface area contributed by atoms with Crippen molar-refractivity contribution in [3.8, 4) is 0 Å². The summed E-state index contributed by atoms with van der Waals surface area (Å²) in [6.07, 6.45) is 1.56. The molecular weight excluding hydrogens is 394 g/mol. The molecule has 0 radical (unpaired) electrons. The van der Waals surface area contributed by atoms with Gasteiger partial charge in [0.25, 0.3) is 5.91 Å². The zero-order valence-electron chi connectivity index (χ0n) is 17.6. The number of morpholine rings is 1. The van der Waals surface area contributed by atoms with Crippen molar-refractivity contribution in [2.45, 2.75) is 6.92 Å². The van der Waals surface area contributed by atoms with E-state index in [1.54, 1.807) is 6.20 Å². The maximum atomic E-state index is 13.0. The molecule has 2 aromatic heterocycles. The highest BCUT2D eigenvalue weighted by Crippen LogP contribution is 2.20. The van der Waals surface area contributed by atoms with Crippen LogP contribution in [0.1, 0.15) is 16.2 Å². The van der Waals surface area contributed by atoms with Crippen molar-refractivity contribution in [2.75, 3.05) is 62.3 Å². The van der Waals surface area contributed by atoms with Gasteiger partial charge in [-0.1, -0.05) is 12.1 Å². The summed E-state index contributed by atoms with van der Waals surface area (Å²) in [5.41, 5.74) is 2.84. The third-order valence-electron chi connectivity index (χ3n) is 5.68. The third kappa shape index (κ3) is 4.13. The van der Waals surface area contributed by atoms with Crippen LogP contribution in [0, 0.1) is 6.92 Å². The van der Waals surface area contributed by atoms with Crippen LogP contribution >= 0.6 is 0 Å². The maximum absolute atomic E-state index is 13.0. The van der Waals surface area contributed by atoms with Gasteiger partial charge in [0, 0.05) is 51.0 Å². The van der Waals surface area contributed by atoms with Gasteiger partial charge in [-0.05, 0) is 19.1 Å². The number of carbonyl (C=O) groups is 1. The Hall–Kier alpha value is -3.33. The first-order chi connectivity index (χ1) is 15.2. The van der Waals surface area contributed by atoms with Gasteiger partial charge in [0.1, 0.15) is 11.5 Å². The van der Waals surface area contributed by atoms with E-state index in [-0.39, 0.29) is 5.91 Å². The first-order valence-corrected chi connectivity index (χ1v) is 10.6. The van der Waals surface area contributed by atoms with Gasteiger partial charge in [-0.25, -0.2) is 9.97 Å². The number of ether oxygens (including phenoxy) is 1. The lowest BCUT2D eigenvalue weighted by molar-refractivity contribution is 0.0740. The van der Waals surface area contributed by atoms with Crippen molar-refractivity contribution in [1.82, 2.24) is 24.8 Å². The number of amides is 1. The Morgan fingerprint density at radius 2 is 1.65 bits per heavy atom. The fraction of sp³-hybridized carbons (Fsp3) is 0.409. The smallest absolute Gasteiger partial charge is 0.274 e. The van der Waals surface area contributed by atoms with E-state index in [2.05, 4.69) is 24.8 Å². The molecule has 4 heterocycles. The number of piperazine rings is 1.